The number of esters is 2. The summed E-state index contributed by atoms with van der Waals surface area (Å²) >= 11 is 0. The number of carbonyl (C=O) groups excluding carboxylic acids is 2. The van der Waals surface area contributed by atoms with Crippen LogP contribution in [0.1, 0.15) is 223 Å². The highest BCUT2D eigenvalue weighted by Gasteiger charge is 2.25. The van der Waals surface area contributed by atoms with E-state index in [-0.39, 0.29) is 26.1 Å². The van der Waals surface area contributed by atoms with Gasteiger partial charge in [-0.1, -0.05) is 168 Å². The van der Waals surface area contributed by atoms with Crippen LogP contribution >= 0.6 is 0 Å². The van der Waals surface area contributed by atoms with Crippen LogP contribution in [0.15, 0.2) is 73.8 Å². The SMILES string of the molecule is C=CC(=O)OCc1cc2c(OCCCCCCC)c(c1)Cc1cc(COC(=O)C=C)cc(c1OCCCCCCC)Cc1cc(CC#N)cc(c1OCCCCCCC)Cc1cc(CC#N)cc(c1OCCCCCCC)C2. The fraction of sp³-hybridized carbons (Fsp3) is 0.529. The van der Waals surface area contributed by atoms with E-state index < -0.39 is 11.9 Å². The van der Waals surface area contributed by atoms with Gasteiger partial charge in [0.25, 0.3) is 0 Å². The number of ether oxygens (including phenoxy) is 6. The molecule has 0 aromatic heterocycles. The van der Waals surface area contributed by atoms with E-state index >= 15 is 0 Å². The van der Waals surface area contributed by atoms with Gasteiger partial charge in [0, 0.05) is 37.8 Å². The number of hydrogen-bond acceptors (Lipinski definition) is 10. The lowest BCUT2D eigenvalue weighted by molar-refractivity contribution is -0.139. The van der Waals surface area contributed by atoms with E-state index in [1.54, 1.807) is 0 Å². The molecule has 0 atom stereocenters. The monoisotopic (exact) mass is 1060 g/mol. The average Bonchev–Trinajstić information content (AvgIpc) is 3.45. The Hall–Kier alpha value is -6.52. The van der Waals surface area contributed by atoms with Crippen molar-refractivity contribution < 1.29 is 38.0 Å². The second-order valence-corrected chi connectivity index (χ2v) is 21.0. The largest absolute Gasteiger partial charge is 0.493 e. The molecule has 4 aromatic rings. The van der Waals surface area contributed by atoms with Gasteiger partial charge in [0.15, 0.2) is 0 Å². The van der Waals surface area contributed by atoms with Crippen molar-refractivity contribution in [1.82, 2.24) is 0 Å². The van der Waals surface area contributed by atoms with Gasteiger partial charge in [-0.3, -0.25) is 0 Å². The lowest BCUT2D eigenvalue weighted by atomic mass is 9.88. The fourth-order valence-electron chi connectivity index (χ4n) is 10.4. The van der Waals surface area contributed by atoms with E-state index in [0.29, 0.717) is 52.1 Å². The summed E-state index contributed by atoms with van der Waals surface area (Å²) in [5.74, 6) is 1.98. The summed E-state index contributed by atoms with van der Waals surface area (Å²) in [6.45, 7) is 18.3. The molecule has 0 amide bonds. The van der Waals surface area contributed by atoms with Gasteiger partial charge < -0.3 is 28.4 Å². The van der Waals surface area contributed by atoms with Gasteiger partial charge in [0.2, 0.25) is 0 Å². The molecule has 5 rings (SSSR count). The Labute approximate surface area is 468 Å². The molecular formula is C68H90N2O8. The summed E-state index contributed by atoms with van der Waals surface area (Å²) in [5.41, 5.74) is 10.6. The molecule has 420 valence electrons. The number of nitriles is 2. The van der Waals surface area contributed by atoms with Crippen molar-refractivity contribution in [3.8, 4) is 35.1 Å². The van der Waals surface area contributed by atoms with E-state index in [4.69, 9.17) is 28.4 Å². The summed E-state index contributed by atoms with van der Waals surface area (Å²) in [6.07, 6.45) is 25.8. The minimum atomic E-state index is -0.523. The molecule has 0 aliphatic heterocycles. The Bertz CT molecular complexity index is 2440. The number of unbranched alkanes of at least 4 members (excludes halogenated alkanes) is 16. The molecule has 1 aliphatic rings. The highest BCUT2D eigenvalue weighted by molar-refractivity contribution is 5.81. The molecule has 0 saturated heterocycles. The number of nitrogens with zero attached hydrogens (tertiary/aromatic N) is 2. The maximum atomic E-state index is 12.7. The summed E-state index contributed by atoms with van der Waals surface area (Å²) in [4.78, 5) is 25.4. The van der Waals surface area contributed by atoms with Gasteiger partial charge in [-0.15, -0.1) is 0 Å². The first-order valence-corrected chi connectivity index (χ1v) is 29.6. The molecule has 10 heteroatoms. The van der Waals surface area contributed by atoms with Gasteiger partial charge in [0.1, 0.15) is 36.2 Å². The normalized spacial score (nSPS) is 11.7. The minimum absolute atomic E-state index is 0.00789. The van der Waals surface area contributed by atoms with Crippen molar-refractivity contribution in [1.29, 1.82) is 10.5 Å². The van der Waals surface area contributed by atoms with Crippen molar-refractivity contribution >= 4 is 11.9 Å². The van der Waals surface area contributed by atoms with Gasteiger partial charge in [-0.2, -0.15) is 10.5 Å². The summed E-state index contributed by atoms with van der Waals surface area (Å²) in [7, 11) is 0. The molecule has 0 unspecified atom stereocenters. The zero-order valence-electron chi connectivity index (χ0n) is 48.0. The lowest BCUT2D eigenvalue weighted by Gasteiger charge is -2.25. The first-order valence-electron chi connectivity index (χ1n) is 29.6. The second kappa shape index (κ2) is 35.8. The molecule has 1 aliphatic carbocycles. The highest BCUT2D eigenvalue weighted by atomic mass is 16.5. The maximum absolute atomic E-state index is 12.7. The van der Waals surface area contributed by atoms with E-state index in [2.05, 4.69) is 102 Å². The van der Waals surface area contributed by atoms with Gasteiger partial charge in [-0.05, 0) is 117 Å². The molecule has 0 saturated carbocycles. The van der Waals surface area contributed by atoms with E-state index in [1.807, 2.05) is 0 Å². The fourth-order valence-corrected chi connectivity index (χ4v) is 10.4. The van der Waals surface area contributed by atoms with Crippen LogP contribution in [0.4, 0.5) is 0 Å². The van der Waals surface area contributed by atoms with E-state index in [1.165, 1.54) is 25.0 Å². The molecule has 0 N–H and O–H groups in total. The summed E-state index contributed by atoms with van der Waals surface area (Å²) < 4.78 is 39.8. The Morgan fingerprint density at radius 1 is 0.397 bits per heavy atom. The lowest BCUT2D eigenvalue weighted by Crippen LogP contribution is -2.12. The summed E-state index contributed by atoms with van der Waals surface area (Å²) in [6, 6.07) is 21.6. The van der Waals surface area contributed by atoms with Crippen molar-refractivity contribution in [3.63, 3.8) is 0 Å². The van der Waals surface area contributed by atoms with Crippen LogP contribution in [0.3, 0.4) is 0 Å². The van der Waals surface area contributed by atoms with Gasteiger partial charge in [0.05, 0.1) is 51.4 Å². The van der Waals surface area contributed by atoms with Crippen LogP contribution < -0.4 is 18.9 Å². The quantitative estimate of drug-likeness (QED) is 0.0216. The molecule has 78 heavy (non-hydrogen) atoms. The van der Waals surface area contributed by atoms with Crippen LogP contribution in [0.5, 0.6) is 23.0 Å². The zero-order valence-corrected chi connectivity index (χ0v) is 48.0. The third-order valence-corrected chi connectivity index (χ3v) is 14.4. The first kappa shape index (κ1) is 62.3. The number of carbonyl (C=O) groups is 2. The number of rotatable bonds is 36. The Kier molecular flexibility index (Phi) is 28.6. The van der Waals surface area contributed by atoms with Crippen LogP contribution in [0, 0.1) is 22.7 Å². The molecule has 8 bridgehead atoms. The topological polar surface area (TPSA) is 137 Å². The standard InChI is InChI=1S/C68H90N2O8/c1-7-13-17-21-25-33-73-65-55-37-51(29-31-69)39-57(65)46-59-41-53(49-77-63(71)11-5)43-61(67(59)75-35-27-23-19-15-9-3)48-62-44-54(50-78-64(72)12-6)42-60(68(62)76-36-28-24-20-16-10-4)47-58-40-52(30-32-70)38-56(45-55)66(58)74-34-26-22-18-14-8-2/h11-12,37-44H,5-10,13-30,33-36,45-50H2,1-4H3. The Balaban J connectivity index is 1.89. The van der Waals surface area contributed by atoms with Crippen molar-refractivity contribution in [2.24, 2.45) is 0 Å². The predicted octanol–water partition coefficient (Wildman–Crippen LogP) is 16.4. The summed E-state index contributed by atoms with van der Waals surface area (Å²) in [5, 5.41) is 20.6. The molecular weight excluding hydrogens is 973 g/mol. The van der Waals surface area contributed by atoms with Gasteiger partial charge in [-0.25, -0.2) is 9.59 Å². The predicted molar refractivity (Wildman–Crippen MR) is 313 cm³/mol. The number of benzene rings is 4. The zero-order chi connectivity index (χ0) is 55.7. The molecule has 10 nitrogen and oxygen atoms in total. The maximum Gasteiger partial charge on any atom is 0.330 e. The van der Waals surface area contributed by atoms with Gasteiger partial charge >= 0.3 is 11.9 Å². The third-order valence-electron chi connectivity index (χ3n) is 14.4. The van der Waals surface area contributed by atoms with Crippen molar-refractivity contribution in [3.05, 3.63) is 141 Å². The van der Waals surface area contributed by atoms with Crippen LogP contribution in [-0.2, 0) is 70.8 Å². The highest BCUT2D eigenvalue weighted by Crippen LogP contribution is 2.42. The number of hydrogen-bond donors (Lipinski definition) is 0. The molecule has 0 radical (unpaired) electrons. The van der Waals surface area contributed by atoms with Crippen molar-refractivity contribution in [2.75, 3.05) is 26.4 Å². The molecule has 0 heterocycles. The Morgan fingerprint density at radius 2 is 0.628 bits per heavy atom. The van der Waals surface area contributed by atoms with Crippen LogP contribution in [0.25, 0.3) is 0 Å². The molecule has 4 aromatic carbocycles. The second-order valence-electron chi connectivity index (χ2n) is 21.0. The van der Waals surface area contributed by atoms with E-state index in [9.17, 15) is 20.1 Å². The van der Waals surface area contributed by atoms with Crippen LogP contribution in [-0.4, -0.2) is 38.4 Å². The smallest absolute Gasteiger partial charge is 0.330 e. The first-order chi connectivity index (χ1) is 38.2. The van der Waals surface area contributed by atoms with Crippen molar-refractivity contribution in [2.45, 2.75) is 208 Å². The number of fused-ring (bicyclic) bond motifs is 8. The minimum Gasteiger partial charge on any atom is -0.493 e. The van der Waals surface area contributed by atoms with E-state index in [0.717, 1.165) is 205 Å². The van der Waals surface area contributed by atoms with Crippen LogP contribution in [0.2, 0.25) is 0 Å². The average molecular weight is 1060 g/mol. The Morgan fingerprint density at radius 3 is 0.846 bits per heavy atom. The molecule has 0 fully saturated rings. The third kappa shape index (κ3) is 20.7. The molecule has 0 spiro atoms.